The van der Waals surface area contributed by atoms with Crippen molar-refractivity contribution in [2.24, 2.45) is 5.92 Å². The highest BCUT2D eigenvalue weighted by Crippen LogP contribution is 2.37. The van der Waals surface area contributed by atoms with Crippen LogP contribution < -0.4 is 26.2 Å². The van der Waals surface area contributed by atoms with Crippen molar-refractivity contribution in [3.8, 4) is 0 Å². The largest absolute Gasteiger partial charge is 0.376 e. The fraction of sp³-hybridized carbons (Fsp3) is 0.343. The van der Waals surface area contributed by atoms with Gasteiger partial charge >= 0.3 is 0 Å². The van der Waals surface area contributed by atoms with Gasteiger partial charge in [-0.25, -0.2) is 0 Å². The molecule has 1 aromatic heterocycles. The van der Waals surface area contributed by atoms with Gasteiger partial charge in [0.05, 0.1) is 17.1 Å². The number of carbonyl (C=O) groups excluding carboxylic acids is 3. The number of allylic oxidation sites excluding steroid dienone is 2. The molecular weight excluding hydrogens is 580 g/mol. The van der Waals surface area contributed by atoms with Gasteiger partial charge in [0.2, 0.25) is 5.91 Å². The summed E-state index contributed by atoms with van der Waals surface area (Å²) in [7, 11) is 7.24. The van der Waals surface area contributed by atoms with Crippen molar-refractivity contribution in [3.63, 3.8) is 0 Å². The summed E-state index contributed by atoms with van der Waals surface area (Å²) in [5, 5.41) is 20.3. The number of nitrogens with zero attached hydrogens (tertiary/aromatic N) is 4. The third kappa shape index (κ3) is 7.20. The van der Waals surface area contributed by atoms with Gasteiger partial charge in [0, 0.05) is 58.8 Å². The fourth-order valence-electron chi connectivity index (χ4n) is 5.54. The van der Waals surface area contributed by atoms with Crippen molar-refractivity contribution < 1.29 is 14.4 Å². The summed E-state index contributed by atoms with van der Waals surface area (Å²) < 4.78 is 0. The molecule has 3 amide bonds. The second-order valence-electron chi connectivity index (χ2n) is 12.2. The second-order valence-corrected chi connectivity index (χ2v) is 12.2. The zero-order chi connectivity index (χ0) is 33.0. The zero-order valence-electron chi connectivity index (χ0n) is 27.3. The molecule has 5 rings (SSSR count). The summed E-state index contributed by atoms with van der Waals surface area (Å²) in [6, 6.07) is 15.7. The molecule has 1 aliphatic heterocycles. The molecule has 2 heterocycles. The molecule has 1 saturated carbocycles. The Balaban J connectivity index is 1.40. The molecule has 0 spiro atoms. The number of aromatic nitrogens is 2. The summed E-state index contributed by atoms with van der Waals surface area (Å²) in [6.45, 7) is 5.30. The maximum Gasteiger partial charge on any atom is 0.273 e. The van der Waals surface area contributed by atoms with Gasteiger partial charge in [-0.2, -0.15) is 0 Å². The van der Waals surface area contributed by atoms with Crippen LogP contribution in [-0.2, 0) is 16.1 Å². The number of hydrogen-bond acceptors (Lipinski definition) is 8. The van der Waals surface area contributed by atoms with E-state index in [1.54, 1.807) is 11.0 Å². The molecule has 46 heavy (non-hydrogen) atoms. The van der Waals surface area contributed by atoms with E-state index in [0.717, 1.165) is 40.9 Å². The van der Waals surface area contributed by atoms with E-state index < -0.39 is 5.91 Å². The number of carbonyl (C=O) groups is 3. The highest BCUT2D eigenvalue weighted by Gasteiger charge is 2.30. The number of benzene rings is 2. The molecule has 3 aromatic rings. The lowest BCUT2D eigenvalue weighted by molar-refractivity contribution is -0.126. The van der Waals surface area contributed by atoms with E-state index in [0.29, 0.717) is 30.4 Å². The van der Waals surface area contributed by atoms with Crippen molar-refractivity contribution in [2.75, 3.05) is 50.3 Å². The molecule has 11 nitrogen and oxygen atoms in total. The summed E-state index contributed by atoms with van der Waals surface area (Å²) in [4.78, 5) is 42.2. The van der Waals surface area contributed by atoms with Crippen LogP contribution >= 0.6 is 0 Å². The Morgan fingerprint density at radius 2 is 1.74 bits per heavy atom. The van der Waals surface area contributed by atoms with E-state index in [1.165, 1.54) is 12.6 Å². The molecule has 240 valence electrons. The summed E-state index contributed by atoms with van der Waals surface area (Å²) in [6.07, 6.45) is 5.52. The van der Waals surface area contributed by atoms with Crippen LogP contribution in [-0.4, -0.2) is 67.6 Å². The Kier molecular flexibility index (Phi) is 9.69. The van der Waals surface area contributed by atoms with Crippen LogP contribution in [0.4, 0.5) is 22.9 Å². The highest BCUT2D eigenvalue weighted by atomic mass is 16.2. The highest BCUT2D eigenvalue weighted by molar-refractivity contribution is 6.01. The molecule has 0 atom stereocenters. The molecule has 2 aromatic carbocycles. The number of hydrogen-bond donors (Lipinski definition) is 4. The second kappa shape index (κ2) is 13.8. The minimum absolute atomic E-state index is 0.00178. The monoisotopic (exact) mass is 622 g/mol. The Morgan fingerprint density at radius 3 is 2.39 bits per heavy atom. The number of amides is 3. The zero-order valence-corrected chi connectivity index (χ0v) is 27.3. The Bertz CT molecular complexity index is 1710. The Hall–Kier alpha value is -5.19. The minimum atomic E-state index is -0.406. The van der Waals surface area contributed by atoms with Gasteiger partial charge in [0.25, 0.3) is 11.8 Å². The van der Waals surface area contributed by atoms with E-state index in [1.807, 2.05) is 68.5 Å². The van der Waals surface area contributed by atoms with Gasteiger partial charge in [-0.3, -0.25) is 14.4 Å². The topological polar surface area (TPSA) is 132 Å². The Labute approximate surface area is 270 Å². The number of para-hydroxylation sites is 1. The SMILES string of the molecule is CNC(=O)c1nnc(NC(=O)C2CC2)cc1Nc1cccc(C2=CC=C(C(=O)N(C)Cc3ccccc3C(C)C)NC2)c1N(C)C. The molecule has 11 heteroatoms. The fourth-order valence-corrected chi connectivity index (χ4v) is 5.54. The van der Waals surface area contributed by atoms with Gasteiger partial charge in [0.15, 0.2) is 11.5 Å². The first-order valence-corrected chi connectivity index (χ1v) is 15.5. The number of likely N-dealkylation sites (N-methyl/N-ethyl adjacent to an activating group) is 1. The van der Waals surface area contributed by atoms with Crippen LogP contribution in [0.5, 0.6) is 0 Å². The molecule has 0 saturated heterocycles. The number of dihydropyridines is 1. The lowest BCUT2D eigenvalue weighted by Crippen LogP contribution is -2.35. The van der Waals surface area contributed by atoms with Crippen LogP contribution in [0.25, 0.3) is 5.57 Å². The molecule has 2 aliphatic rings. The lowest BCUT2D eigenvalue weighted by atomic mass is 9.97. The van der Waals surface area contributed by atoms with E-state index in [-0.39, 0.29) is 29.2 Å². The number of nitrogens with one attached hydrogen (secondary N) is 4. The molecule has 0 radical (unpaired) electrons. The van der Waals surface area contributed by atoms with Crippen LogP contribution in [0.3, 0.4) is 0 Å². The predicted molar refractivity (Wildman–Crippen MR) is 182 cm³/mol. The first kappa shape index (κ1) is 32.2. The maximum atomic E-state index is 13.4. The lowest BCUT2D eigenvalue weighted by Gasteiger charge is -2.27. The van der Waals surface area contributed by atoms with E-state index in [4.69, 9.17) is 0 Å². The van der Waals surface area contributed by atoms with Gasteiger partial charge < -0.3 is 31.1 Å². The smallest absolute Gasteiger partial charge is 0.273 e. The normalized spacial score (nSPS) is 14.1. The van der Waals surface area contributed by atoms with Crippen LogP contribution in [0.15, 0.2) is 66.4 Å². The Morgan fingerprint density at radius 1 is 0.978 bits per heavy atom. The van der Waals surface area contributed by atoms with E-state index >= 15 is 0 Å². The van der Waals surface area contributed by atoms with Crippen molar-refractivity contribution in [3.05, 3.63) is 88.8 Å². The average molecular weight is 623 g/mol. The summed E-state index contributed by atoms with van der Waals surface area (Å²) >= 11 is 0. The minimum Gasteiger partial charge on any atom is -0.376 e. The molecule has 1 aliphatic carbocycles. The summed E-state index contributed by atoms with van der Waals surface area (Å²) in [5.41, 5.74) is 6.99. The van der Waals surface area contributed by atoms with Gasteiger partial charge in [-0.1, -0.05) is 56.3 Å². The van der Waals surface area contributed by atoms with Gasteiger partial charge in [0.1, 0.15) is 5.70 Å². The van der Waals surface area contributed by atoms with Crippen molar-refractivity contribution in [1.29, 1.82) is 0 Å². The van der Waals surface area contributed by atoms with E-state index in [2.05, 4.69) is 57.4 Å². The first-order chi connectivity index (χ1) is 22.1. The molecule has 1 fully saturated rings. The quantitative estimate of drug-likeness (QED) is 0.243. The van der Waals surface area contributed by atoms with Crippen molar-refractivity contribution in [1.82, 2.24) is 25.7 Å². The standard InChI is InChI=1S/C35H42N8O3/c1-21(2)25-11-8-7-10-24(25)20-43(6)35(46)28-17-16-23(19-37-28)26-12-9-13-27(32(26)42(4)5)38-29-18-30(39-33(44)22-14-15-22)40-41-31(29)34(45)36-3/h7-13,16-18,21-22,37H,14-15,19-20H2,1-6H3,(H,36,45)(H2,38,39,40,44). The number of anilines is 4. The van der Waals surface area contributed by atoms with Crippen molar-refractivity contribution in [2.45, 2.75) is 39.2 Å². The van der Waals surface area contributed by atoms with Crippen LogP contribution in [0, 0.1) is 5.92 Å². The molecule has 4 N–H and O–H groups in total. The molecule has 0 unspecified atom stereocenters. The van der Waals surface area contributed by atoms with Crippen LogP contribution in [0.1, 0.15) is 59.8 Å². The number of rotatable bonds is 11. The third-order valence-corrected chi connectivity index (χ3v) is 8.12. The van der Waals surface area contributed by atoms with Crippen LogP contribution in [0.2, 0.25) is 0 Å². The van der Waals surface area contributed by atoms with Gasteiger partial charge in [-0.15, -0.1) is 10.2 Å². The summed E-state index contributed by atoms with van der Waals surface area (Å²) in [5.74, 6) is 0.0595. The molecule has 0 bridgehead atoms. The average Bonchev–Trinajstić information content (AvgIpc) is 3.90. The van der Waals surface area contributed by atoms with E-state index in [9.17, 15) is 14.4 Å². The molecular formula is C35H42N8O3. The third-order valence-electron chi connectivity index (χ3n) is 8.12. The van der Waals surface area contributed by atoms with Gasteiger partial charge in [-0.05, 0) is 47.6 Å². The maximum absolute atomic E-state index is 13.4. The van der Waals surface area contributed by atoms with Crippen molar-refractivity contribution >= 4 is 46.2 Å². The predicted octanol–water partition coefficient (Wildman–Crippen LogP) is 4.65. The first-order valence-electron chi connectivity index (χ1n) is 15.5.